The number of carbonyl (C=O) groups is 3. The lowest BCUT2D eigenvalue weighted by atomic mass is 9.88. The number of anilines is 1. The number of nitrogens with zero attached hydrogens (tertiary/aromatic N) is 3. The zero-order valence-electron chi connectivity index (χ0n) is 25.1. The first kappa shape index (κ1) is 29.6. The molecule has 4 amide bonds. The highest BCUT2D eigenvalue weighted by molar-refractivity contribution is 5.98. The van der Waals surface area contributed by atoms with Crippen molar-refractivity contribution in [3.63, 3.8) is 0 Å². The van der Waals surface area contributed by atoms with Crippen molar-refractivity contribution in [2.45, 2.75) is 57.5 Å². The van der Waals surface area contributed by atoms with Crippen LogP contribution in [0.15, 0.2) is 54.7 Å². The largest absolute Gasteiger partial charge is 0.361 e. The van der Waals surface area contributed by atoms with E-state index in [0.29, 0.717) is 31.9 Å². The van der Waals surface area contributed by atoms with Gasteiger partial charge in [0.15, 0.2) is 0 Å². The third-order valence-corrected chi connectivity index (χ3v) is 8.70. The van der Waals surface area contributed by atoms with Gasteiger partial charge < -0.3 is 30.3 Å². The van der Waals surface area contributed by atoms with Crippen LogP contribution >= 0.6 is 0 Å². The first-order valence-corrected chi connectivity index (χ1v) is 15.2. The van der Waals surface area contributed by atoms with Crippen LogP contribution in [-0.4, -0.2) is 83.8 Å². The second-order valence-corrected chi connectivity index (χ2v) is 12.1. The summed E-state index contributed by atoms with van der Waals surface area (Å²) in [6.45, 7) is 4.68. The van der Waals surface area contributed by atoms with Gasteiger partial charge in [-0.2, -0.15) is 0 Å². The molecule has 0 bridgehead atoms. The quantitative estimate of drug-likeness (QED) is 0.362. The molecule has 5 rings (SSSR count). The number of aromatic nitrogens is 1. The monoisotopic (exact) mass is 572 g/mol. The number of hydrogen-bond donors (Lipinski definition) is 3. The summed E-state index contributed by atoms with van der Waals surface area (Å²) in [6.07, 6.45) is 7.33. The maximum atomic E-state index is 13.8. The van der Waals surface area contributed by atoms with Crippen LogP contribution in [0.1, 0.15) is 56.1 Å². The highest BCUT2D eigenvalue weighted by Crippen LogP contribution is 2.29. The number of amides is 4. The summed E-state index contributed by atoms with van der Waals surface area (Å²) in [5, 5.41) is 7.15. The van der Waals surface area contributed by atoms with Gasteiger partial charge >= 0.3 is 6.03 Å². The second kappa shape index (κ2) is 13.4. The molecule has 9 heteroatoms. The van der Waals surface area contributed by atoms with Gasteiger partial charge in [0.25, 0.3) is 0 Å². The average Bonchev–Trinajstić information content (AvgIpc) is 3.44. The highest BCUT2D eigenvalue weighted by atomic mass is 16.2. The van der Waals surface area contributed by atoms with Gasteiger partial charge in [-0.1, -0.05) is 56.5 Å². The molecule has 9 nitrogen and oxygen atoms in total. The first-order chi connectivity index (χ1) is 20.3. The Labute approximate surface area is 248 Å². The summed E-state index contributed by atoms with van der Waals surface area (Å²) in [5.41, 5.74) is 3.73. The summed E-state index contributed by atoms with van der Waals surface area (Å²) in [7, 11) is 4.01. The van der Waals surface area contributed by atoms with Crippen molar-refractivity contribution in [3.8, 4) is 0 Å². The van der Waals surface area contributed by atoms with Crippen molar-refractivity contribution in [2.24, 2.45) is 5.92 Å². The SMILES string of the molecule is CC(c1c[nH]c2ccccc12)C(NC(=O)N1CCN(C(=O)C2CCCCC2)CC1)C(=O)Nc1cccc(CN(C)C)c1. The van der Waals surface area contributed by atoms with E-state index in [9.17, 15) is 14.4 Å². The lowest BCUT2D eigenvalue weighted by Crippen LogP contribution is -2.57. The Hall–Kier alpha value is -3.85. The minimum atomic E-state index is -0.809. The molecule has 1 aromatic heterocycles. The number of urea groups is 1. The Morgan fingerprint density at radius 2 is 1.67 bits per heavy atom. The van der Waals surface area contributed by atoms with Gasteiger partial charge in [0.2, 0.25) is 11.8 Å². The summed E-state index contributed by atoms with van der Waals surface area (Å²) in [5.74, 6) is -0.213. The van der Waals surface area contributed by atoms with E-state index in [4.69, 9.17) is 0 Å². The molecule has 1 aliphatic heterocycles. The molecular weight excluding hydrogens is 528 g/mol. The lowest BCUT2D eigenvalue weighted by Gasteiger charge is -2.38. The van der Waals surface area contributed by atoms with E-state index < -0.39 is 6.04 Å². The number of H-pyrrole nitrogens is 1. The predicted molar refractivity (Wildman–Crippen MR) is 166 cm³/mol. The summed E-state index contributed by atoms with van der Waals surface area (Å²) in [6, 6.07) is 14.7. The number of hydrogen-bond acceptors (Lipinski definition) is 4. The zero-order valence-corrected chi connectivity index (χ0v) is 25.1. The Morgan fingerprint density at radius 3 is 2.40 bits per heavy atom. The van der Waals surface area contributed by atoms with Crippen LogP contribution in [0.3, 0.4) is 0 Å². The number of aromatic amines is 1. The molecule has 224 valence electrons. The fraction of sp³-hybridized carbons (Fsp3) is 0.485. The van der Waals surface area contributed by atoms with Crippen molar-refractivity contribution in [2.75, 3.05) is 45.6 Å². The maximum Gasteiger partial charge on any atom is 0.318 e. The maximum absolute atomic E-state index is 13.8. The van der Waals surface area contributed by atoms with Crippen molar-refractivity contribution < 1.29 is 14.4 Å². The van der Waals surface area contributed by atoms with Crippen LogP contribution in [0.25, 0.3) is 10.9 Å². The fourth-order valence-electron chi connectivity index (χ4n) is 6.36. The van der Waals surface area contributed by atoms with Gasteiger partial charge in [-0.05, 0) is 56.3 Å². The Kier molecular flexibility index (Phi) is 9.47. The number of benzene rings is 2. The molecule has 42 heavy (non-hydrogen) atoms. The van der Waals surface area contributed by atoms with Gasteiger partial charge in [-0.25, -0.2) is 4.79 Å². The first-order valence-electron chi connectivity index (χ1n) is 15.2. The third-order valence-electron chi connectivity index (χ3n) is 8.70. The van der Waals surface area contributed by atoms with E-state index in [1.54, 1.807) is 4.90 Å². The standard InChI is InChI=1S/C33H44N6O3/c1-23(28-21-34-29-15-8-7-14-27(28)29)30(31(40)35-26-13-9-10-24(20-26)22-37(2)3)36-33(42)39-18-16-38(17-19-39)32(41)25-11-5-4-6-12-25/h7-10,13-15,20-21,23,25,30,34H,4-6,11-12,16-19,22H2,1-3H3,(H,35,40)(H,36,42). The summed E-state index contributed by atoms with van der Waals surface area (Å²) < 4.78 is 0. The van der Waals surface area contributed by atoms with Crippen molar-refractivity contribution in [3.05, 3.63) is 65.9 Å². The fourth-order valence-corrected chi connectivity index (χ4v) is 6.36. The van der Waals surface area contributed by atoms with Crippen LogP contribution in [-0.2, 0) is 16.1 Å². The van der Waals surface area contributed by atoms with Crippen molar-refractivity contribution in [1.82, 2.24) is 25.0 Å². The molecule has 2 unspecified atom stereocenters. The van der Waals surface area contributed by atoms with Gasteiger partial charge in [-0.15, -0.1) is 0 Å². The van der Waals surface area contributed by atoms with E-state index in [1.165, 1.54) is 6.42 Å². The normalized spacial score (nSPS) is 17.7. The van der Waals surface area contributed by atoms with Gasteiger partial charge in [0, 0.05) is 67.3 Å². The van der Waals surface area contributed by atoms with E-state index >= 15 is 0 Å². The van der Waals surface area contributed by atoms with E-state index in [1.807, 2.05) is 80.6 Å². The van der Waals surface area contributed by atoms with Gasteiger partial charge in [0.1, 0.15) is 6.04 Å². The molecule has 2 aliphatic rings. The van der Waals surface area contributed by atoms with Crippen LogP contribution < -0.4 is 10.6 Å². The minimum absolute atomic E-state index is 0.125. The van der Waals surface area contributed by atoms with Gasteiger partial charge in [0.05, 0.1) is 0 Å². The second-order valence-electron chi connectivity index (χ2n) is 12.1. The molecule has 3 N–H and O–H groups in total. The molecular formula is C33H44N6O3. The van der Waals surface area contributed by atoms with Crippen LogP contribution in [0, 0.1) is 5.92 Å². The number of piperazine rings is 1. The van der Waals surface area contributed by atoms with E-state index in [2.05, 4.69) is 20.5 Å². The predicted octanol–water partition coefficient (Wildman–Crippen LogP) is 4.77. The van der Waals surface area contributed by atoms with Crippen LogP contribution in [0.5, 0.6) is 0 Å². The molecule has 3 aromatic rings. The Bertz CT molecular complexity index is 1390. The Morgan fingerprint density at radius 1 is 0.952 bits per heavy atom. The molecule has 2 heterocycles. The molecule has 0 spiro atoms. The molecule has 0 radical (unpaired) electrons. The van der Waals surface area contributed by atoms with Gasteiger partial charge in [-0.3, -0.25) is 9.59 Å². The Balaban J connectivity index is 1.30. The molecule has 1 saturated heterocycles. The molecule has 1 aliphatic carbocycles. The number of rotatable bonds is 8. The lowest BCUT2D eigenvalue weighted by molar-refractivity contribution is -0.138. The summed E-state index contributed by atoms with van der Waals surface area (Å²) in [4.78, 5) is 49.5. The smallest absolute Gasteiger partial charge is 0.318 e. The number of carbonyl (C=O) groups excluding carboxylic acids is 3. The topological polar surface area (TPSA) is 101 Å². The van der Waals surface area contributed by atoms with Crippen LogP contribution in [0.4, 0.5) is 10.5 Å². The zero-order chi connectivity index (χ0) is 29.6. The molecule has 2 fully saturated rings. The highest BCUT2D eigenvalue weighted by Gasteiger charge is 2.34. The molecule has 2 atom stereocenters. The van der Waals surface area contributed by atoms with E-state index in [0.717, 1.165) is 54.3 Å². The van der Waals surface area contributed by atoms with Crippen molar-refractivity contribution in [1.29, 1.82) is 0 Å². The van der Waals surface area contributed by atoms with E-state index in [-0.39, 0.29) is 29.7 Å². The van der Waals surface area contributed by atoms with Crippen molar-refractivity contribution >= 4 is 34.4 Å². The number of nitrogens with one attached hydrogen (secondary N) is 3. The third kappa shape index (κ3) is 6.95. The summed E-state index contributed by atoms with van der Waals surface area (Å²) >= 11 is 0. The molecule has 2 aromatic carbocycles. The molecule has 1 saturated carbocycles. The van der Waals surface area contributed by atoms with Crippen LogP contribution in [0.2, 0.25) is 0 Å². The number of fused-ring (bicyclic) bond motifs is 1. The minimum Gasteiger partial charge on any atom is -0.361 e. The average molecular weight is 573 g/mol. The number of para-hydroxylation sites is 1.